The number of hydrogen-bond acceptors (Lipinski definition) is 6. The van der Waals surface area contributed by atoms with Gasteiger partial charge in [0.1, 0.15) is 6.54 Å². The summed E-state index contributed by atoms with van der Waals surface area (Å²) in [5.41, 5.74) is 1.29. The van der Waals surface area contributed by atoms with Crippen molar-refractivity contribution in [3.8, 4) is 0 Å². The number of amides is 3. The van der Waals surface area contributed by atoms with Gasteiger partial charge in [0.15, 0.2) is 4.96 Å². The van der Waals surface area contributed by atoms with Crippen LogP contribution in [0.25, 0.3) is 4.96 Å². The second-order valence-electron chi connectivity index (χ2n) is 5.55. The summed E-state index contributed by atoms with van der Waals surface area (Å²) >= 11 is 1.37. The van der Waals surface area contributed by atoms with E-state index in [4.69, 9.17) is 0 Å². The zero-order chi connectivity index (χ0) is 17.3. The van der Waals surface area contributed by atoms with Gasteiger partial charge in [-0.05, 0) is 6.92 Å². The summed E-state index contributed by atoms with van der Waals surface area (Å²) in [6.07, 6.45) is 0.795. The molecule has 3 rings (SSSR count). The van der Waals surface area contributed by atoms with E-state index in [1.807, 2.05) is 5.38 Å². The summed E-state index contributed by atoms with van der Waals surface area (Å²) in [5, 5.41) is 4.50. The number of fused-ring (bicyclic) bond motifs is 1. The third-order valence-electron chi connectivity index (χ3n) is 3.76. The number of thiazole rings is 1. The predicted molar refractivity (Wildman–Crippen MR) is 86.7 cm³/mol. The van der Waals surface area contributed by atoms with Crippen LogP contribution in [0.2, 0.25) is 0 Å². The van der Waals surface area contributed by atoms with Crippen molar-refractivity contribution < 1.29 is 14.4 Å². The molecule has 0 atom stereocenters. The van der Waals surface area contributed by atoms with Gasteiger partial charge in [0.25, 0.3) is 5.56 Å². The molecular formula is C15H16N4O4S. The maximum atomic E-state index is 12.0. The van der Waals surface area contributed by atoms with Crippen LogP contribution in [0.4, 0.5) is 0 Å². The minimum absolute atomic E-state index is 0.145. The summed E-state index contributed by atoms with van der Waals surface area (Å²) in [4.78, 5) is 52.7. The smallest absolute Gasteiger partial charge is 0.258 e. The Balaban J connectivity index is 1.59. The molecule has 0 aliphatic carbocycles. The van der Waals surface area contributed by atoms with Gasteiger partial charge in [-0.1, -0.05) is 0 Å². The van der Waals surface area contributed by atoms with E-state index in [-0.39, 0.29) is 42.7 Å². The molecule has 1 saturated heterocycles. The van der Waals surface area contributed by atoms with Crippen LogP contribution in [0, 0.1) is 6.92 Å². The molecule has 1 N–H and O–H groups in total. The van der Waals surface area contributed by atoms with E-state index < -0.39 is 0 Å². The van der Waals surface area contributed by atoms with Crippen molar-refractivity contribution >= 4 is 34.0 Å². The molecule has 1 aliphatic heterocycles. The van der Waals surface area contributed by atoms with Crippen LogP contribution in [0.3, 0.4) is 0 Å². The van der Waals surface area contributed by atoms with E-state index in [1.165, 1.54) is 21.8 Å². The first-order valence-electron chi connectivity index (χ1n) is 7.52. The van der Waals surface area contributed by atoms with Crippen molar-refractivity contribution in [2.75, 3.05) is 13.1 Å². The summed E-state index contributed by atoms with van der Waals surface area (Å²) in [7, 11) is 0. The van der Waals surface area contributed by atoms with Crippen molar-refractivity contribution in [3.05, 3.63) is 33.2 Å². The SMILES string of the molecule is Cc1cc(=O)n2c(CCNC(=O)CN3C(=O)CCC3=O)csc2n1. The second-order valence-corrected chi connectivity index (χ2v) is 6.39. The highest BCUT2D eigenvalue weighted by molar-refractivity contribution is 7.15. The van der Waals surface area contributed by atoms with Crippen molar-refractivity contribution in [2.24, 2.45) is 0 Å². The monoisotopic (exact) mass is 348 g/mol. The third-order valence-corrected chi connectivity index (χ3v) is 4.64. The highest BCUT2D eigenvalue weighted by Gasteiger charge is 2.30. The van der Waals surface area contributed by atoms with E-state index >= 15 is 0 Å². The molecule has 0 aromatic carbocycles. The zero-order valence-corrected chi connectivity index (χ0v) is 13.9. The fraction of sp³-hybridized carbons (Fsp3) is 0.400. The number of carbonyl (C=O) groups excluding carboxylic acids is 3. The van der Waals surface area contributed by atoms with Gasteiger partial charge in [-0.25, -0.2) is 4.98 Å². The minimum atomic E-state index is -0.389. The quantitative estimate of drug-likeness (QED) is 0.759. The van der Waals surface area contributed by atoms with E-state index in [1.54, 1.807) is 6.92 Å². The standard InChI is InChI=1S/C15H16N4O4S/c1-9-6-14(23)19-10(8-24-15(19)17-9)4-5-16-11(20)7-18-12(21)2-3-13(18)22/h6,8H,2-5,7H2,1H3,(H,16,20). The van der Waals surface area contributed by atoms with Gasteiger partial charge in [-0.2, -0.15) is 0 Å². The molecule has 0 radical (unpaired) electrons. The molecule has 0 bridgehead atoms. The van der Waals surface area contributed by atoms with E-state index in [0.29, 0.717) is 23.6 Å². The number of imide groups is 1. The predicted octanol–water partition coefficient (Wildman–Crippen LogP) is -0.128. The summed E-state index contributed by atoms with van der Waals surface area (Å²) < 4.78 is 1.53. The Kier molecular flexibility index (Phi) is 4.43. The number of nitrogens with one attached hydrogen (secondary N) is 1. The molecule has 9 heteroatoms. The fourth-order valence-electron chi connectivity index (χ4n) is 2.59. The first-order chi connectivity index (χ1) is 11.5. The molecule has 1 aliphatic rings. The lowest BCUT2D eigenvalue weighted by Crippen LogP contribution is -2.40. The maximum Gasteiger partial charge on any atom is 0.258 e. The van der Waals surface area contributed by atoms with Gasteiger partial charge in [0, 0.05) is 48.6 Å². The Bertz CT molecular complexity index is 869. The summed E-state index contributed by atoms with van der Waals surface area (Å²) in [6.45, 7) is 1.83. The van der Waals surface area contributed by atoms with E-state index in [2.05, 4.69) is 10.3 Å². The number of likely N-dealkylation sites (tertiary alicyclic amines) is 1. The van der Waals surface area contributed by atoms with Crippen molar-refractivity contribution in [1.29, 1.82) is 0 Å². The lowest BCUT2D eigenvalue weighted by atomic mass is 10.3. The molecule has 2 aromatic rings. The highest BCUT2D eigenvalue weighted by atomic mass is 32.1. The van der Waals surface area contributed by atoms with Gasteiger partial charge in [0.2, 0.25) is 17.7 Å². The molecule has 0 unspecified atom stereocenters. The summed E-state index contributed by atoms with van der Waals surface area (Å²) in [6, 6.07) is 1.46. The normalized spacial score (nSPS) is 14.6. The van der Waals surface area contributed by atoms with E-state index in [9.17, 15) is 19.2 Å². The highest BCUT2D eigenvalue weighted by Crippen LogP contribution is 2.13. The van der Waals surface area contributed by atoms with Crippen LogP contribution in [0.1, 0.15) is 24.2 Å². The number of aryl methyl sites for hydroxylation is 1. The van der Waals surface area contributed by atoms with Crippen LogP contribution in [0.5, 0.6) is 0 Å². The van der Waals surface area contributed by atoms with Crippen LogP contribution in [-0.2, 0) is 20.8 Å². The Labute approximate surface area is 141 Å². The van der Waals surface area contributed by atoms with Gasteiger partial charge in [0.05, 0.1) is 0 Å². The topological polar surface area (TPSA) is 101 Å². The molecule has 3 amide bonds. The molecule has 3 heterocycles. The molecular weight excluding hydrogens is 332 g/mol. The average Bonchev–Trinajstić information content (AvgIpc) is 3.05. The van der Waals surface area contributed by atoms with Crippen LogP contribution < -0.4 is 10.9 Å². The first kappa shape index (κ1) is 16.3. The van der Waals surface area contributed by atoms with Crippen LogP contribution in [0.15, 0.2) is 16.2 Å². The number of rotatable bonds is 5. The fourth-order valence-corrected chi connectivity index (χ4v) is 3.56. The molecule has 126 valence electrons. The molecule has 1 fully saturated rings. The van der Waals surface area contributed by atoms with Gasteiger partial charge >= 0.3 is 0 Å². The number of nitrogens with zero attached hydrogens (tertiary/aromatic N) is 3. The van der Waals surface area contributed by atoms with Gasteiger partial charge in [-0.3, -0.25) is 28.5 Å². The maximum absolute atomic E-state index is 12.0. The molecule has 24 heavy (non-hydrogen) atoms. The lowest BCUT2D eigenvalue weighted by Gasteiger charge is -2.13. The average molecular weight is 348 g/mol. The number of hydrogen-bond donors (Lipinski definition) is 1. The molecule has 2 aromatic heterocycles. The van der Waals surface area contributed by atoms with Crippen molar-refractivity contribution in [3.63, 3.8) is 0 Å². The second kappa shape index (κ2) is 6.52. The zero-order valence-electron chi connectivity index (χ0n) is 13.1. The summed E-state index contributed by atoms with van der Waals surface area (Å²) in [5.74, 6) is -1.02. The lowest BCUT2D eigenvalue weighted by molar-refractivity contribution is -0.142. The van der Waals surface area contributed by atoms with Crippen LogP contribution >= 0.6 is 11.3 Å². The Morgan fingerprint density at radius 3 is 2.71 bits per heavy atom. The number of aromatic nitrogens is 2. The molecule has 0 saturated carbocycles. The van der Waals surface area contributed by atoms with Gasteiger partial charge in [-0.15, -0.1) is 11.3 Å². The molecule has 8 nitrogen and oxygen atoms in total. The van der Waals surface area contributed by atoms with E-state index in [0.717, 1.165) is 10.6 Å². The minimum Gasteiger partial charge on any atom is -0.354 e. The van der Waals surface area contributed by atoms with Crippen LogP contribution in [-0.4, -0.2) is 45.1 Å². The third kappa shape index (κ3) is 3.21. The Morgan fingerprint density at radius 1 is 1.29 bits per heavy atom. The van der Waals surface area contributed by atoms with Crippen molar-refractivity contribution in [2.45, 2.75) is 26.2 Å². The number of carbonyl (C=O) groups is 3. The molecule has 0 spiro atoms. The Morgan fingerprint density at radius 2 is 2.00 bits per heavy atom. The van der Waals surface area contributed by atoms with Crippen molar-refractivity contribution in [1.82, 2.24) is 19.6 Å². The van der Waals surface area contributed by atoms with Gasteiger partial charge < -0.3 is 5.32 Å². The first-order valence-corrected chi connectivity index (χ1v) is 8.40. The Hall–Kier alpha value is -2.55. The largest absolute Gasteiger partial charge is 0.354 e.